The van der Waals surface area contributed by atoms with Crippen LogP contribution in [0.1, 0.15) is 37.4 Å². The van der Waals surface area contributed by atoms with Crippen LogP contribution < -0.4 is 5.32 Å². The predicted molar refractivity (Wildman–Crippen MR) is 88.3 cm³/mol. The fraction of sp³-hybridized carbons (Fsp3) is 0.750. The predicted octanol–water partition coefficient (Wildman–Crippen LogP) is 2.77. The quantitative estimate of drug-likeness (QED) is 0.901. The van der Waals surface area contributed by atoms with Crippen molar-refractivity contribution in [3.63, 3.8) is 0 Å². The van der Waals surface area contributed by atoms with E-state index in [9.17, 15) is 0 Å². The summed E-state index contributed by atoms with van der Waals surface area (Å²) in [6.07, 6.45) is 0. The van der Waals surface area contributed by atoms with Gasteiger partial charge in [-0.3, -0.25) is 9.80 Å². The van der Waals surface area contributed by atoms with Gasteiger partial charge >= 0.3 is 0 Å². The summed E-state index contributed by atoms with van der Waals surface area (Å²) in [4.78, 5) is 7.99. The molecular formula is C16H29N3S. The molecule has 1 N–H and O–H groups in total. The summed E-state index contributed by atoms with van der Waals surface area (Å²) in [5.74, 6) is 0. The molecule has 2 heterocycles. The van der Waals surface area contributed by atoms with E-state index >= 15 is 0 Å². The molecule has 0 radical (unpaired) electrons. The molecule has 2 rings (SSSR count). The Morgan fingerprint density at radius 2 is 1.95 bits per heavy atom. The summed E-state index contributed by atoms with van der Waals surface area (Å²) >= 11 is 1.95. The van der Waals surface area contributed by atoms with E-state index in [1.165, 1.54) is 22.8 Å². The van der Waals surface area contributed by atoms with Crippen molar-refractivity contribution in [3.8, 4) is 0 Å². The molecule has 0 aliphatic carbocycles. The molecule has 0 atom stereocenters. The highest BCUT2D eigenvalue weighted by molar-refractivity contribution is 7.11. The Morgan fingerprint density at radius 1 is 1.25 bits per heavy atom. The molecule has 20 heavy (non-hydrogen) atoms. The van der Waals surface area contributed by atoms with E-state index in [1.54, 1.807) is 0 Å². The minimum Gasteiger partial charge on any atom is -0.310 e. The molecule has 1 aliphatic heterocycles. The van der Waals surface area contributed by atoms with Crippen LogP contribution in [0.25, 0.3) is 0 Å². The lowest BCUT2D eigenvalue weighted by Crippen LogP contribution is -2.57. The number of piperazine rings is 1. The molecular weight excluding hydrogens is 266 g/mol. The maximum Gasteiger partial charge on any atom is 0.0329 e. The number of nitrogens with one attached hydrogen (secondary N) is 1. The zero-order valence-corrected chi connectivity index (χ0v) is 14.4. The molecule has 1 aromatic rings. The van der Waals surface area contributed by atoms with Gasteiger partial charge in [0.05, 0.1) is 0 Å². The largest absolute Gasteiger partial charge is 0.310 e. The van der Waals surface area contributed by atoms with Gasteiger partial charge < -0.3 is 5.32 Å². The van der Waals surface area contributed by atoms with Crippen molar-refractivity contribution in [2.75, 3.05) is 26.7 Å². The lowest BCUT2D eigenvalue weighted by Gasteiger charge is -2.45. The van der Waals surface area contributed by atoms with Crippen LogP contribution in [0.2, 0.25) is 0 Å². The maximum atomic E-state index is 3.49. The fourth-order valence-electron chi connectivity index (χ4n) is 2.60. The standard InChI is InChI=1S/C16H29N3S/c1-13(2)17-10-14-6-7-15(20-14)11-19-9-8-18(5)16(3,4)12-19/h6-7,13,17H,8-12H2,1-5H3. The van der Waals surface area contributed by atoms with Crippen LogP contribution in [-0.4, -0.2) is 48.1 Å². The van der Waals surface area contributed by atoms with Crippen molar-refractivity contribution >= 4 is 11.3 Å². The number of hydrogen-bond acceptors (Lipinski definition) is 4. The molecule has 0 aromatic carbocycles. The number of thiophene rings is 1. The van der Waals surface area contributed by atoms with Gasteiger partial charge in [-0.15, -0.1) is 11.3 Å². The van der Waals surface area contributed by atoms with Crippen LogP contribution in [0.15, 0.2) is 12.1 Å². The number of hydrogen-bond donors (Lipinski definition) is 1. The molecule has 0 unspecified atom stereocenters. The second-order valence-corrected chi connectivity index (χ2v) is 8.10. The van der Waals surface area contributed by atoms with E-state index in [2.05, 4.69) is 62.0 Å². The van der Waals surface area contributed by atoms with Crippen molar-refractivity contribution in [2.24, 2.45) is 0 Å². The van der Waals surface area contributed by atoms with Gasteiger partial charge in [-0.05, 0) is 33.0 Å². The first-order valence-electron chi connectivity index (χ1n) is 7.61. The van der Waals surface area contributed by atoms with Gasteiger partial charge in [0.1, 0.15) is 0 Å². The molecule has 0 saturated carbocycles. The van der Waals surface area contributed by atoms with Gasteiger partial charge in [-0.2, -0.15) is 0 Å². The van der Waals surface area contributed by atoms with E-state index in [-0.39, 0.29) is 5.54 Å². The zero-order chi connectivity index (χ0) is 14.8. The van der Waals surface area contributed by atoms with Crippen LogP contribution in [-0.2, 0) is 13.1 Å². The third-order valence-electron chi connectivity index (χ3n) is 4.18. The average molecular weight is 295 g/mol. The molecule has 0 spiro atoms. The van der Waals surface area contributed by atoms with E-state index in [1.807, 2.05) is 11.3 Å². The maximum absolute atomic E-state index is 3.49. The second-order valence-electron chi connectivity index (χ2n) is 6.85. The van der Waals surface area contributed by atoms with E-state index in [0.717, 1.165) is 19.6 Å². The summed E-state index contributed by atoms with van der Waals surface area (Å²) in [7, 11) is 2.23. The van der Waals surface area contributed by atoms with Crippen LogP contribution in [0.4, 0.5) is 0 Å². The Balaban J connectivity index is 1.87. The highest BCUT2D eigenvalue weighted by Crippen LogP contribution is 2.23. The molecule has 1 saturated heterocycles. The molecule has 1 fully saturated rings. The first-order chi connectivity index (χ1) is 9.37. The summed E-state index contributed by atoms with van der Waals surface area (Å²) in [5.41, 5.74) is 0.289. The molecule has 114 valence electrons. The van der Waals surface area contributed by atoms with Crippen LogP contribution in [0.3, 0.4) is 0 Å². The lowest BCUT2D eigenvalue weighted by molar-refractivity contribution is 0.0365. The minimum absolute atomic E-state index is 0.289. The average Bonchev–Trinajstić information content (AvgIpc) is 2.79. The highest BCUT2D eigenvalue weighted by Gasteiger charge is 2.30. The number of nitrogens with zero attached hydrogens (tertiary/aromatic N) is 2. The van der Waals surface area contributed by atoms with Gasteiger partial charge in [0.25, 0.3) is 0 Å². The van der Waals surface area contributed by atoms with Crippen molar-refractivity contribution < 1.29 is 0 Å². The van der Waals surface area contributed by atoms with Crippen LogP contribution >= 0.6 is 11.3 Å². The Bertz CT molecular complexity index is 425. The molecule has 3 nitrogen and oxygen atoms in total. The van der Waals surface area contributed by atoms with Crippen LogP contribution in [0, 0.1) is 0 Å². The smallest absolute Gasteiger partial charge is 0.0329 e. The Hall–Kier alpha value is -0.420. The van der Waals surface area contributed by atoms with Gasteiger partial charge in [-0.25, -0.2) is 0 Å². The van der Waals surface area contributed by atoms with Crippen LogP contribution in [0.5, 0.6) is 0 Å². The Labute approximate surface area is 128 Å². The highest BCUT2D eigenvalue weighted by atomic mass is 32.1. The monoisotopic (exact) mass is 295 g/mol. The first-order valence-corrected chi connectivity index (χ1v) is 8.43. The Morgan fingerprint density at radius 3 is 2.60 bits per heavy atom. The van der Waals surface area contributed by atoms with E-state index in [0.29, 0.717) is 6.04 Å². The van der Waals surface area contributed by atoms with E-state index in [4.69, 9.17) is 0 Å². The molecule has 4 heteroatoms. The summed E-state index contributed by atoms with van der Waals surface area (Å²) in [5, 5.41) is 3.49. The Kier molecular flexibility index (Phi) is 5.24. The topological polar surface area (TPSA) is 18.5 Å². The lowest BCUT2D eigenvalue weighted by atomic mass is 10.00. The second kappa shape index (κ2) is 6.56. The van der Waals surface area contributed by atoms with Gasteiger partial charge in [0.2, 0.25) is 0 Å². The van der Waals surface area contributed by atoms with Gasteiger partial charge in [0, 0.05) is 54.1 Å². The third-order valence-corrected chi connectivity index (χ3v) is 5.25. The van der Waals surface area contributed by atoms with Crippen molar-refractivity contribution in [1.82, 2.24) is 15.1 Å². The molecule has 0 amide bonds. The molecule has 0 bridgehead atoms. The third kappa shape index (κ3) is 4.29. The molecule has 1 aromatic heterocycles. The normalized spacial score (nSPS) is 20.7. The summed E-state index contributed by atoms with van der Waals surface area (Å²) in [6, 6.07) is 5.13. The molecule has 1 aliphatic rings. The van der Waals surface area contributed by atoms with Gasteiger partial charge in [-0.1, -0.05) is 13.8 Å². The van der Waals surface area contributed by atoms with E-state index < -0.39 is 0 Å². The zero-order valence-electron chi connectivity index (χ0n) is 13.6. The summed E-state index contributed by atoms with van der Waals surface area (Å²) in [6.45, 7) is 14.7. The number of rotatable bonds is 5. The summed E-state index contributed by atoms with van der Waals surface area (Å²) < 4.78 is 0. The van der Waals surface area contributed by atoms with Crippen molar-refractivity contribution in [2.45, 2.75) is 52.4 Å². The number of likely N-dealkylation sites (N-methyl/N-ethyl adjacent to an activating group) is 1. The minimum atomic E-state index is 0.289. The SMILES string of the molecule is CC(C)NCc1ccc(CN2CCN(C)C(C)(C)C2)s1. The van der Waals surface area contributed by atoms with Crippen molar-refractivity contribution in [1.29, 1.82) is 0 Å². The van der Waals surface area contributed by atoms with Gasteiger partial charge in [0.15, 0.2) is 0 Å². The first kappa shape index (κ1) is 16.0. The van der Waals surface area contributed by atoms with Crippen molar-refractivity contribution in [3.05, 3.63) is 21.9 Å². The fourth-order valence-corrected chi connectivity index (χ4v) is 3.61.